The summed E-state index contributed by atoms with van der Waals surface area (Å²) in [6.45, 7) is 6.77. The van der Waals surface area contributed by atoms with Gasteiger partial charge in [-0.1, -0.05) is 37.6 Å². The number of hydrogen-bond donors (Lipinski definition) is 2. The van der Waals surface area contributed by atoms with Gasteiger partial charge in [0.2, 0.25) is 0 Å². The first-order valence-corrected chi connectivity index (χ1v) is 12.3. The highest BCUT2D eigenvalue weighted by Crippen LogP contribution is 2.61. The van der Waals surface area contributed by atoms with E-state index in [1.165, 1.54) is 12.0 Å². The quantitative estimate of drug-likeness (QED) is 0.381. The Balaban J connectivity index is 1.46. The molecule has 1 amide bonds. The van der Waals surface area contributed by atoms with E-state index in [0.717, 1.165) is 40.8 Å². The molecule has 3 fully saturated rings. The van der Waals surface area contributed by atoms with Crippen molar-refractivity contribution < 1.29 is 14.7 Å². The van der Waals surface area contributed by atoms with Crippen molar-refractivity contribution >= 4 is 33.3 Å². The average Bonchev–Trinajstić information content (AvgIpc) is 3.13. The van der Waals surface area contributed by atoms with Gasteiger partial charge in [-0.15, -0.1) is 11.3 Å². The molecule has 0 radical (unpaired) electrons. The summed E-state index contributed by atoms with van der Waals surface area (Å²) in [7, 11) is 0. The molecule has 3 saturated carbocycles. The fourth-order valence-electron chi connectivity index (χ4n) is 5.68. The van der Waals surface area contributed by atoms with Gasteiger partial charge in [0, 0.05) is 27.9 Å². The molecule has 0 spiro atoms. The number of carbonyl (C=O) groups excluding carboxylic acids is 1. The van der Waals surface area contributed by atoms with Gasteiger partial charge in [0.05, 0.1) is 5.56 Å². The zero-order valence-electron chi connectivity index (χ0n) is 18.7. The lowest BCUT2D eigenvalue weighted by atomic mass is 9.44. The molecule has 4 atom stereocenters. The fraction of sp³-hybridized carbons (Fsp3) is 0.538. The Morgan fingerprint density at radius 3 is 2.81 bits per heavy atom. The topological polar surface area (TPSA) is 66.4 Å². The van der Waals surface area contributed by atoms with Gasteiger partial charge >= 0.3 is 5.97 Å². The largest absolute Gasteiger partial charge is 0.481 e. The normalized spacial score (nSPS) is 26.7. The fourth-order valence-corrected chi connectivity index (χ4v) is 6.60. The molecular formula is C26H33NO3S. The van der Waals surface area contributed by atoms with Crippen molar-refractivity contribution in [2.75, 3.05) is 0 Å². The van der Waals surface area contributed by atoms with Crippen molar-refractivity contribution in [1.29, 1.82) is 0 Å². The van der Waals surface area contributed by atoms with Crippen LogP contribution in [0.1, 0.15) is 68.3 Å². The first-order chi connectivity index (χ1) is 14.8. The van der Waals surface area contributed by atoms with Crippen LogP contribution in [0.4, 0.5) is 0 Å². The molecule has 5 heteroatoms. The van der Waals surface area contributed by atoms with Gasteiger partial charge < -0.3 is 10.4 Å². The predicted octanol–water partition coefficient (Wildman–Crippen LogP) is 6.19. The van der Waals surface area contributed by atoms with E-state index in [1.807, 2.05) is 5.38 Å². The van der Waals surface area contributed by atoms with E-state index in [9.17, 15) is 9.59 Å². The van der Waals surface area contributed by atoms with Crippen LogP contribution in [0, 0.1) is 30.1 Å². The SMILES string of the molecule is Cc1ccc2scc(C(=O)N[C@H]3[C@@H](C/C=C\CCCC(=O)O)C[C@@H]4C[C@H]3C4(C)C)c2c1. The maximum Gasteiger partial charge on any atom is 0.303 e. The summed E-state index contributed by atoms with van der Waals surface area (Å²) in [5.74, 6) is 1.02. The molecule has 0 unspecified atom stereocenters. The zero-order valence-corrected chi connectivity index (χ0v) is 19.5. The molecule has 2 aromatic rings. The van der Waals surface area contributed by atoms with Crippen LogP contribution in [-0.4, -0.2) is 23.0 Å². The van der Waals surface area contributed by atoms with Gasteiger partial charge in [-0.05, 0) is 74.3 Å². The van der Waals surface area contributed by atoms with Gasteiger partial charge in [0.15, 0.2) is 0 Å². The van der Waals surface area contributed by atoms with E-state index in [0.29, 0.717) is 18.3 Å². The zero-order chi connectivity index (χ0) is 22.2. The maximum atomic E-state index is 13.3. The van der Waals surface area contributed by atoms with Gasteiger partial charge in [0.1, 0.15) is 0 Å². The molecule has 2 bridgehead atoms. The lowest BCUT2D eigenvalue weighted by Gasteiger charge is -2.62. The summed E-state index contributed by atoms with van der Waals surface area (Å²) in [4.78, 5) is 24.0. The second-order valence-electron chi connectivity index (χ2n) is 10.00. The minimum absolute atomic E-state index is 0.0541. The number of thiophene rings is 1. The van der Waals surface area contributed by atoms with Crippen LogP contribution in [-0.2, 0) is 4.79 Å². The molecule has 1 aromatic heterocycles. The second-order valence-corrected chi connectivity index (χ2v) is 10.9. The van der Waals surface area contributed by atoms with Crippen molar-refractivity contribution in [3.05, 3.63) is 46.9 Å². The summed E-state index contributed by atoms with van der Waals surface area (Å²) < 4.78 is 1.16. The molecule has 1 aromatic carbocycles. The number of nitrogens with one attached hydrogen (secondary N) is 1. The summed E-state index contributed by atoms with van der Waals surface area (Å²) in [6, 6.07) is 6.50. The maximum absolute atomic E-state index is 13.3. The van der Waals surface area contributed by atoms with Gasteiger partial charge in [0.25, 0.3) is 5.91 Å². The number of aliphatic carboxylic acids is 1. The van der Waals surface area contributed by atoms with Crippen molar-refractivity contribution in [2.24, 2.45) is 23.2 Å². The molecule has 3 aliphatic rings. The predicted molar refractivity (Wildman–Crippen MR) is 127 cm³/mol. The number of rotatable bonds is 8. The van der Waals surface area contributed by atoms with Crippen LogP contribution in [0.2, 0.25) is 0 Å². The van der Waals surface area contributed by atoms with Crippen LogP contribution >= 0.6 is 11.3 Å². The number of allylic oxidation sites excluding steroid dienone is 2. The molecule has 0 aliphatic heterocycles. The van der Waals surface area contributed by atoms with E-state index in [1.54, 1.807) is 11.3 Å². The molecule has 4 nitrogen and oxygen atoms in total. The minimum Gasteiger partial charge on any atom is -0.481 e. The Bertz CT molecular complexity index is 1010. The van der Waals surface area contributed by atoms with Crippen LogP contribution < -0.4 is 5.32 Å². The van der Waals surface area contributed by atoms with E-state index >= 15 is 0 Å². The van der Waals surface area contributed by atoms with Crippen molar-refractivity contribution in [3.63, 3.8) is 0 Å². The average molecular weight is 440 g/mol. The third-order valence-electron chi connectivity index (χ3n) is 7.71. The molecule has 2 N–H and O–H groups in total. The third-order valence-corrected chi connectivity index (χ3v) is 8.68. The Hall–Kier alpha value is -2.14. The number of aryl methyl sites for hydroxylation is 1. The Morgan fingerprint density at radius 1 is 1.26 bits per heavy atom. The highest BCUT2D eigenvalue weighted by molar-refractivity contribution is 7.17. The number of amides is 1. The van der Waals surface area contributed by atoms with Crippen LogP contribution in [0.5, 0.6) is 0 Å². The number of carbonyl (C=O) groups is 2. The third kappa shape index (κ3) is 4.43. The van der Waals surface area contributed by atoms with Gasteiger partial charge in [-0.3, -0.25) is 9.59 Å². The minimum atomic E-state index is -0.734. The van der Waals surface area contributed by atoms with Crippen molar-refractivity contribution in [3.8, 4) is 0 Å². The monoisotopic (exact) mass is 439 g/mol. The first-order valence-electron chi connectivity index (χ1n) is 11.4. The second kappa shape index (κ2) is 8.78. The van der Waals surface area contributed by atoms with E-state index in [4.69, 9.17) is 5.11 Å². The summed E-state index contributed by atoms with van der Waals surface area (Å²) in [6.07, 6.45) is 9.32. The summed E-state index contributed by atoms with van der Waals surface area (Å²) in [5, 5.41) is 15.3. The van der Waals surface area contributed by atoms with E-state index < -0.39 is 5.97 Å². The van der Waals surface area contributed by atoms with E-state index in [-0.39, 0.29) is 23.8 Å². The lowest BCUT2D eigenvalue weighted by molar-refractivity contribution is -0.137. The number of carboxylic acid groups (broad SMARTS) is 1. The molecule has 3 aliphatic carbocycles. The molecular weight excluding hydrogens is 406 g/mol. The highest BCUT2D eigenvalue weighted by atomic mass is 32.1. The Kier molecular flexibility index (Phi) is 6.25. The molecule has 166 valence electrons. The number of hydrogen-bond acceptors (Lipinski definition) is 3. The van der Waals surface area contributed by atoms with Crippen LogP contribution in [0.25, 0.3) is 10.1 Å². The number of carboxylic acids is 1. The number of fused-ring (bicyclic) bond motifs is 3. The van der Waals surface area contributed by atoms with Crippen LogP contribution in [0.15, 0.2) is 35.7 Å². The van der Waals surface area contributed by atoms with Crippen molar-refractivity contribution in [1.82, 2.24) is 5.32 Å². The Morgan fingerprint density at radius 2 is 2.06 bits per heavy atom. The van der Waals surface area contributed by atoms with Crippen LogP contribution in [0.3, 0.4) is 0 Å². The Labute approximate surface area is 188 Å². The van der Waals surface area contributed by atoms with Gasteiger partial charge in [-0.2, -0.15) is 0 Å². The summed E-state index contributed by atoms with van der Waals surface area (Å²) >= 11 is 1.63. The first kappa shape index (κ1) is 22.1. The molecule has 31 heavy (non-hydrogen) atoms. The molecule has 0 saturated heterocycles. The van der Waals surface area contributed by atoms with Crippen molar-refractivity contribution in [2.45, 2.75) is 65.3 Å². The smallest absolute Gasteiger partial charge is 0.303 e. The molecule has 5 rings (SSSR count). The summed E-state index contributed by atoms with van der Waals surface area (Å²) in [5.41, 5.74) is 2.25. The van der Waals surface area contributed by atoms with E-state index in [2.05, 4.69) is 56.4 Å². The number of benzene rings is 1. The lowest BCUT2D eigenvalue weighted by Crippen LogP contribution is -2.63. The van der Waals surface area contributed by atoms with Gasteiger partial charge in [-0.25, -0.2) is 0 Å². The standard InChI is InChI=1S/C26H33NO3S/c1-16-10-11-22-19(12-16)20(15-31-22)25(30)27-24-17(8-6-4-5-7-9-23(28)29)13-18-14-21(24)26(18,2)3/h4,6,10-12,15,17-18,21,24H,5,7-9,13-14H2,1-3H3,(H,27,30)(H,28,29)/b6-4-/t17-,18+,21+,24-/m0/s1. The number of unbranched alkanes of at least 4 members (excludes halogenated alkanes) is 1. The highest BCUT2D eigenvalue weighted by Gasteiger charge is 2.57. The molecule has 1 heterocycles.